The second-order valence-electron chi connectivity index (χ2n) is 9.46. The van der Waals surface area contributed by atoms with Gasteiger partial charge in [-0.15, -0.1) is 0 Å². The SMILES string of the molecule is CN(C)c1ccc(/C=N/NC(=O)c2ccc(O)cc2)cc1.CN(C)c1ccc(/C=N/NC(=O)c2ccc(O)cc2)cc1.O. The Balaban J connectivity index is 0.000000293. The van der Waals surface area contributed by atoms with Gasteiger partial charge in [-0.05, 0) is 83.9 Å². The van der Waals surface area contributed by atoms with Crippen LogP contribution >= 0.6 is 0 Å². The Morgan fingerprint density at radius 1 is 0.558 bits per heavy atom. The van der Waals surface area contributed by atoms with Gasteiger partial charge in [-0.3, -0.25) is 9.59 Å². The van der Waals surface area contributed by atoms with Crippen molar-refractivity contribution in [1.82, 2.24) is 10.9 Å². The molecule has 0 aromatic heterocycles. The van der Waals surface area contributed by atoms with Gasteiger partial charge in [0.1, 0.15) is 11.5 Å². The van der Waals surface area contributed by atoms with Gasteiger partial charge in [-0.25, -0.2) is 10.9 Å². The molecule has 4 rings (SSSR count). The van der Waals surface area contributed by atoms with Crippen LogP contribution in [0.1, 0.15) is 31.8 Å². The first-order valence-corrected chi connectivity index (χ1v) is 12.9. The highest BCUT2D eigenvalue weighted by atomic mass is 16.3. The van der Waals surface area contributed by atoms with Crippen LogP contribution in [-0.4, -0.2) is 68.1 Å². The highest BCUT2D eigenvalue weighted by Gasteiger charge is 2.04. The average molecular weight is 585 g/mol. The number of carbonyl (C=O) groups is 2. The second kappa shape index (κ2) is 16.6. The zero-order valence-corrected chi connectivity index (χ0v) is 24.4. The van der Waals surface area contributed by atoms with Gasteiger partial charge >= 0.3 is 0 Å². The molecule has 0 aliphatic heterocycles. The first-order chi connectivity index (χ1) is 20.1. The summed E-state index contributed by atoms with van der Waals surface area (Å²) in [5.41, 5.74) is 9.75. The van der Waals surface area contributed by atoms with Crippen LogP contribution in [0, 0.1) is 0 Å². The minimum absolute atomic E-state index is 0. The maximum Gasteiger partial charge on any atom is 0.271 e. The molecular formula is C32H36N6O5. The van der Waals surface area contributed by atoms with Crippen LogP contribution in [0.25, 0.3) is 0 Å². The number of nitrogens with zero attached hydrogens (tertiary/aromatic N) is 4. The average Bonchev–Trinajstić information content (AvgIpc) is 2.98. The molecule has 0 aliphatic rings. The van der Waals surface area contributed by atoms with Crippen molar-refractivity contribution >= 4 is 35.6 Å². The summed E-state index contributed by atoms with van der Waals surface area (Å²) < 4.78 is 0. The van der Waals surface area contributed by atoms with E-state index in [-0.39, 0.29) is 28.8 Å². The number of phenols is 2. The molecule has 43 heavy (non-hydrogen) atoms. The molecule has 0 spiro atoms. The van der Waals surface area contributed by atoms with Crippen molar-refractivity contribution in [2.24, 2.45) is 10.2 Å². The Bertz CT molecular complexity index is 1380. The number of aromatic hydroxyl groups is 2. The minimum Gasteiger partial charge on any atom is -0.508 e. The van der Waals surface area contributed by atoms with Gasteiger partial charge in [-0.2, -0.15) is 10.2 Å². The lowest BCUT2D eigenvalue weighted by molar-refractivity contribution is 0.0947. The van der Waals surface area contributed by atoms with E-state index in [1.54, 1.807) is 12.4 Å². The van der Waals surface area contributed by atoms with Crippen molar-refractivity contribution in [1.29, 1.82) is 0 Å². The summed E-state index contributed by atoms with van der Waals surface area (Å²) in [6, 6.07) is 27.6. The van der Waals surface area contributed by atoms with Gasteiger partial charge in [0.2, 0.25) is 0 Å². The second-order valence-corrected chi connectivity index (χ2v) is 9.46. The Kier molecular flexibility index (Phi) is 12.9. The molecule has 0 aliphatic carbocycles. The summed E-state index contributed by atoms with van der Waals surface area (Å²) in [6.45, 7) is 0. The van der Waals surface area contributed by atoms with Crippen LogP contribution in [0.15, 0.2) is 107 Å². The number of anilines is 2. The van der Waals surface area contributed by atoms with Crippen molar-refractivity contribution in [3.05, 3.63) is 119 Å². The predicted octanol–water partition coefficient (Wildman–Crippen LogP) is 3.62. The van der Waals surface area contributed by atoms with Crippen LogP contribution in [0.5, 0.6) is 11.5 Å². The molecule has 11 nitrogen and oxygen atoms in total. The van der Waals surface area contributed by atoms with Crippen molar-refractivity contribution in [3.63, 3.8) is 0 Å². The summed E-state index contributed by atoms with van der Waals surface area (Å²) in [5.74, 6) is -0.403. The highest BCUT2D eigenvalue weighted by molar-refractivity contribution is 5.95. The Morgan fingerprint density at radius 3 is 1.14 bits per heavy atom. The lowest BCUT2D eigenvalue weighted by Gasteiger charge is -2.11. The van der Waals surface area contributed by atoms with Gasteiger partial charge in [0.25, 0.3) is 11.8 Å². The molecule has 4 aromatic carbocycles. The van der Waals surface area contributed by atoms with Gasteiger partial charge < -0.3 is 25.5 Å². The third-order valence-corrected chi connectivity index (χ3v) is 5.84. The molecule has 11 heteroatoms. The van der Waals surface area contributed by atoms with E-state index in [1.165, 1.54) is 48.5 Å². The predicted molar refractivity (Wildman–Crippen MR) is 171 cm³/mol. The molecule has 0 saturated heterocycles. The standard InChI is InChI=1S/2C16H17N3O2.H2O/c2*1-19(2)14-7-3-12(4-8-14)11-17-18-16(21)13-5-9-15(20)10-6-13;/h2*3-11,20H,1-2H3,(H,18,21);1H2/b2*17-11+;. The Morgan fingerprint density at radius 2 is 0.860 bits per heavy atom. The zero-order chi connectivity index (χ0) is 30.5. The van der Waals surface area contributed by atoms with Crippen LogP contribution < -0.4 is 20.7 Å². The summed E-state index contributed by atoms with van der Waals surface area (Å²) in [5, 5.41) is 26.1. The number of hydrogen-bond donors (Lipinski definition) is 4. The monoisotopic (exact) mass is 584 g/mol. The topological polar surface area (TPSA) is 161 Å². The lowest BCUT2D eigenvalue weighted by Crippen LogP contribution is -2.17. The molecule has 0 radical (unpaired) electrons. The van der Waals surface area contributed by atoms with Gasteiger partial charge in [0.05, 0.1) is 12.4 Å². The number of carbonyl (C=O) groups excluding carboxylic acids is 2. The van der Waals surface area contributed by atoms with E-state index in [0.717, 1.165) is 22.5 Å². The summed E-state index contributed by atoms with van der Waals surface area (Å²) in [6.07, 6.45) is 3.16. The third kappa shape index (κ3) is 11.0. The summed E-state index contributed by atoms with van der Waals surface area (Å²) >= 11 is 0. The largest absolute Gasteiger partial charge is 0.508 e. The van der Waals surface area contributed by atoms with Crippen LogP contribution in [-0.2, 0) is 0 Å². The van der Waals surface area contributed by atoms with E-state index in [4.69, 9.17) is 10.2 Å². The molecule has 4 aromatic rings. The summed E-state index contributed by atoms with van der Waals surface area (Å²) in [7, 11) is 7.89. The number of hydrazone groups is 2. The fourth-order valence-electron chi connectivity index (χ4n) is 3.40. The number of rotatable bonds is 8. The fourth-order valence-corrected chi connectivity index (χ4v) is 3.40. The summed E-state index contributed by atoms with van der Waals surface area (Å²) in [4.78, 5) is 27.6. The van der Waals surface area contributed by atoms with Crippen molar-refractivity contribution in [3.8, 4) is 11.5 Å². The van der Waals surface area contributed by atoms with Crippen LogP contribution in [0.4, 0.5) is 11.4 Å². The van der Waals surface area contributed by atoms with Crippen molar-refractivity contribution in [2.45, 2.75) is 0 Å². The maximum absolute atomic E-state index is 11.8. The minimum atomic E-state index is -0.323. The van der Waals surface area contributed by atoms with E-state index in [1.807, 2.05) is 86.5 Å². The van der Waals surface area contributed by atoms with Crippen LogP contribution in [0.3, 0.4) is 0 Å². The molecular weight excluding hydrogens is 548 g/mol. The molecule has 224 valence electrons. The fraction of sp³-hybridized carbons (Fsp3) is 0.125. The van der Waals surface area contributed by atoms with E-state index in [0.29, 0.717) is 11.1 Å². The first kappa shape index (κ1) is 33.5. The molecule has 0 saturated carbocycles. The molecule has 0 bridgehead atoms. The van der Waals surface area contributed by atoms with E-state index in [9.17, 15) is 9.59 Å². The number of nitrogens with one attached hydrogen (secondary N) is 2. The third-order valence-electron chi connectivity index (χ3n) is 5.84. The Labute approximate surface area is 250 Å². The van der Waals surface area contributed by atoms with Crippen molar-refractivity contribution < 1.29 is 25.3 Å². The number of hydrogen-bond acceptors (Lipinski definition) is 8. The quantitative estimate of drug-likeness (QED) is 0.183. The molecule has 0 heterocycles. The van der Waals surface area contributed by atoms with E-state index >= 15 is 0 Å². The molecule has 2 amide bonds. The molecule has 6 N–H and O–H groups in total. The van der Waals surface area contributed by atoms with Crippen LogP contribution in [0.2, 0.25) is 0 Å². The van der Waals surface area contributed by atoms with Gasteiger partial charge in [0.15, 0.2) is 0 Å². The van der Waals surface area contributed by atoms with E-state index in [2.05, 4.69) is 21.1 Å². The van der Waals surface area contributed by atoms with Crippen molar-refractivity contribution in [2.75, 3.05) is 38.0 Å². The zero-order valence-electron chi connectivity index (χ0n) is 24.4. The lowest BCUT2D eigenvalue weighted by atomic mass is 10.2. The molecule has 0 atom stereocenters. The first-order valence-electron chi connectivity index (χ1n) is 12.9. The van der Waals surface area contributed by atoms with Gasteiger partial charge in [-0.1, -0.05) is 24.3 Å². The number of amides is 2. The number of benzene rings is 4. The maximum atomic E-state index is 11.8. The van der Waals surface area contributed by atoms with Gasteiger partial charge in [0, 0.05) is 50.7 Å². The highest BCUT2D eigenvalue weighted by Crippen LogP contribution is 2.13. The molecule has 0 unspecified atom stereocenters. The number of phenolic OH excluding ortho intramolecular Hbond substituents is 2. The molecule has 0 fully saturated rings. The smallest absolute Gasteiger partial charge is 0.271 e. The Hall–Kier alpha value is -5.68. The normalized spacial score (nSPS) is 10.3. The van der Waals surface area contributed by atoms with E-state index < -0.39 is 0 Å².